The molecule has 1 aliphatic rings. The molecule has 1 rings (SSSR count). The molecule has 0 N–H and O–H groups in total. The van der Waals surface area contributed by atoms with Gasteiger partial charge in [-0.3, -0.25) is 4.84 Å². The van der Waals surface area contributed by atoms with E-state index in [0.29, 0.717) is 5.06 Å². The molecule has 0 aromatic rings. The predicted molar refractivity (Wildman–Crippen MR) is 74.5 cm³/mol. The largest absolute Gasteiger partial charge is 0.467 e. The van der Waals surface area contributed by atoms with E-state index in [-0.39, 0.29) is 6.42 Å². The topological polar surface area (TPSA) is 91.4 Å². The molecule has 1 unspecified atom stereocenters. The van der Waals surface area contributed by atoms with Gasteiger partial charge in [0, 0.05) is 6.42 Å². The highest BCUT2D eigenvalue weighted by molar-refractivity contribution is 6.07. The molecule has 0 aliphatic carbocycles. The first-order valence-corrected chi connectivity index (χ1v) is 6.61. The van der Waals surface area contributed by atoms with Crippen LogP contribution in [0.1, 0.15) is 27.2 Å². The van der Waals surface area contributed by atoms with Crippen LogP contribution in [-0.4, -0.2) is 54.6 Å². The monoisotopic (exact) mass is 315 g/mol. The molecule has 0 saturated carbocycles. The molecule has 0 spiro atoms. The van der Waals surface area contributed by atoms with Crippen LogP contribution < -0.4 is 0 Å². The van der Waals surface area contributed by atoms with Crippen molar-refractivity contribution in [3.05, 3.63) is 12.7 Å². The number of carbonyl (C=O) groups excluding carboxylic acids is 3. The SMILES string of the molecule is C=CC1CC(C(=O)OC)(C(=O)OC)N(C(=O)OC(C)(C)C)O1. The third-order valence-corrected chi connectivity index (χ3v) is 2.95. The summed E-state index contributed by atoms with van der Waals surface area (Å²) in [6.07, 6.45) is -0.543. The summed E-state index contributed by atoms with van der Waals surface area (Å²) in [6.45, 7) is 8.47. The van der Waals surface area contributed by atoms with Crippen molar-refractivity contribution in [3.8, 4) is 0 Å². The molecule has 124 valence electrons. The number of hydrogen-bond donors (Lipinski definition) is 0. The number of esters is 2. The van der Waals surface area contributed by atoms with Crippen LogP contribution in [0.3, 0.4) is 0 Å². The zero-order valence-corrected chi connectivity index (χ0v) is 13.4. The zero-order chi connectivity index (χ0) is 17.1. The van der Waals surface area contributed by atoms with Gasteiger partial charge in [0.15, 0.2) is 0 Å². The van der Waals surface area contributed by atoms with Gasteiger partial charge in [-0.2, -0.15) is 5.06 Å². The molecule has 8 nitrogen and oxygen atoms in total. The molecule has 1 atom stereocenters. The second-order valence-electron chi connectivity index (χ2n) is 5.70. The van der Waals surface area contributed by atoms with Gasteiger partial charge in [-0.15, -0.1) is 6.58 Å². The molecular formula is C14H21NO7. The summed E-state index contributed by atoms with van der Waals surface area (Å²) in [5.74, 6) is -1.95. The van der Waals surface area contributed by atoms with Crippen molar-refractivity contribution in [2.45, 2.75) is 44.4 Å². The Balaban J connectivity index is 3.29. The lowest BCUT2D eigenvalue weighted by atomic mass is 9.93. The van der Waals surface area contributed by atoms with E-state index in [1.165, 1.54) is 6.08 Å². The first-order valence-electron chi connectivity index (χ1n) is 6.61. The summed E-state index contributed by atoms with van der Waals surface area (Å²) in [5.41, 5.74) is -2.91. The van der Waals surface area contributed by atoms with Gasteiger partial charge in [-0.25, -0.2) is 14.4 Å². The Morgan fingerprint density at radius 2 is 1.73 bits per heavy atom. The summed E-state index contributed by atoms with van der Waals surface area (Å²) < 4.78 is 14.5. The molecule has 1 aliphatic heterocycles. The predicted octanol–water partition coefficient (Wildman–Crippen LogP) is 1.20. The van der Waals surface area contributed by atoms with Crippen LogP contribution in [0.25, 0.3) is 0 Å². The number of ether oxygens (including phenoxy) is 3. The average molecular weight is 315 g/mol. The fraction of sp³-hybridized carbons (Fsp3) is 0.643. The lowest BCUT2D eigenvalue weighted by Gasteiger charge is -2.32. The fourth-order valence-electron chi connectivity index (χ4n) is 2.02. The molecule has 0 radical (unpaired) electrons. The minimum absolute atomic E-state index is 0.172. The van der Waals surface area contributed by atoms with Crippen molar-refractivity contribution in [1.29, 1.82) is 0 Å². The van der Waals surface area contributed by atoms with E-state index in [2.05, 4.69) is 16.1 Å². The van der Waals surface area contributed by atoms with Gasteiger partial charge in [-0.1, -0.05) is 6.08 Å². The van der Waals surface area contributed by atoms with Crippen LogP contribution in [0, 0.1) is 0 Å². The van der Waals surface area contributed by atoms with Gasteiger partial charge in [0.05, 0.1) is 14.2 Å². The summed E-state index contributed by atoms with van der Waals surface area (Å²) >= 11 is 0. The Kier molecular flexibility index (Phi) is 5.18. The minimum atomic E-state index is -2.06. The Hall–Kier alpha value is -2.09. The highest BCUT2D eigenvalue weighted by atomic mass is 16.8. The summed E-state index contributed by atoms with van der Waals surface area (Å²) in [7, 11) is 2.20. The molecular weight excluding hydrogens is 294 g/mol. The smallest absolute Gasteiger partial charge is 0.436 e. The van der Waals surface area contributed by atoms with Crippen LogP contribution in [0.2, 0.25) is 0 Å². The maximum Gasteiger partial charge on any atom is 0.436 e. The van der Waals surface area contributed by atoms with Crippen molar-refractivity contribution < 1.29 is 33.4 Å². The standard InChI is InChI=1S/C14H21NO7/c1-7-9-8-14(10(16)19-5,11(17)20-6)15(22-9)12(18)21-13(2,3)4/h7,9H,1,8H2,2-6H3. The number of hydroxylamine groups is 2. The van der Waals surface area contributed by atoms with Gasteiger partial charge < -0.3 is 14.2 Å². The second-order valence-corrected chi connectivity index (χ2v) is 5.70. The molecule has 0 bridgehead atoms. The summed E-state index contributed by atoms with van der Waals surface area (Å²) in [6, 6.07) is 0. The van der Waals surface area contributed by atoms with E-state index >= 15 is 0 Å². The lowest BCUT2D eigenvalue weighted by molar-refractivity contribution is -0.198. The highest BCUT2D eigenvalue weighted by Gasteiger charge is 2.63. The first-order chi connectivity index (χ1) is 10.1. The Morgan fingerprint density at radius 1 is 1.23 bits per heavy atom. The maximum atomic E-state index is 12.3. The zero-order valence-electron chi connectivity index (χ0n) is 13.4. The molecule has 8 heteroatoms. The van der Waals surface area contributed by atoms with Crippen molar-refractivity contribution >= 4 is 18.0 Å². The molecule has 1 amide bonds. The van der Waals surface area contributed by atoms with Gasteiger partial charge in [0.25, 0.3) is 5.54 Å². The van der Waals surface area contributed by atoms with Crippen LogP contribution in [0.4, 0.5) is 4.79 Å². The number of methoxy groups -OCH3 is 2. The van der Waals surface area contributed by atoms with E-state index in [9.17, 15) is 14.4 Å². The van der Waals surface area contributed by atoms with E-state index in [1.807, 2.05) is 0 Å². The van der Waals surface area contributed by atoms with Gasteiger partial charge >= 0.3 is 18.0 Å². The van der Waals surface area contributed by atoms with Crippen LogP contribution in [-0.2, 0) is 28.6 Å². The third kappa shape index (κ3) is 3.22. The maximum absolute atomic E-state index is 12.3. The summed E-state index contributed by atoms with van der Waals surface area (Å²) in [5, 5.41) is 0.572. The quantitative estimate of drug-likeness (QED) is 0.334. The number of amides is 1. The van der Waals surface area contributed by atoms with Crippen molar-refractivity contribution in [2.24, 2.45) is 0 Å². The number of nitrogens with zero attached hydrogens (tertiary/aromatic N) is 1. The Labute approximate surface area is 128 Å². The lowest BCUT2D eigenvalue weighted by Crippen LogP contribution is -2.59. The molecule has 1 heterocycles. The first kappa shape index (κ1) is 18.0. The normalized spacial score (nSPS) is 20.2. The fourth-order valence-corrected chi connectivity index (χ4v) is 2.02. The summed E-state index contributed by atoms with van der Waals surface area (Å²) in [4.78, 5) is 42.0. The molecule has 0 aromatic carbocycles. The van der Waals surface area contributed by atoms with Crippen molar-refractivity contribution in [1.82, 2.24) is 5.06 Å². The van der Waals surface area contributed by atoms with E-state index in [0.717, 1.165) is 14.2 Å². The average Bonchev–Trinajstić information content (AvgIpc) is 2.84. The van der Waals surface area contributed by atoms with Crippen LogP contribution >= 0.6 is 0 Å². The number of carbonyl (C=O) groups is 3. The highest BCUT2D eigenvalue weighted by Crippen LogP contribution is 2.36. The number of rotatable bonds is 3. The second kappa shape index (κ2) is 6.35. The van der Waals surface area contributed by atoms with Crippen molar-refractivity contribution in [3.63, 3.8) is 0 Å². The van der Waals surface area contributed by atoms with E-state index in [4.69, 9.17) is 9.57 Å². The van der Waals surface area contributed by atoms with Crippen LogP contribution in [0.5, 0.6) is 0 Å². The number of hydrogen-bond acceptors (Lipinski definition) is 7. The van der Waals surface area contributed by atoms with Crippen molar-refractivity contribution in [2.75, 3.05) is 14.2 Å². The van der Waals surface area contributed by atoms with E-state index < -0.39 is 35.3 Å². The molecule has 0 aromatic heterocycles. The Morgan fingerprint density at radius 3 is 2.09 bits per heavy atom. The van der Waals surface area contributed by atoms with E-state index in [1.54, 1.807) is 20.8 Å². The molecule has 1 saturated heterocycles. The van der Waals surface area contributed by atoms with Gasteiger partial charge in [0.1, 0.15) is 11.7 Å². The molecule has 22 heavy (non-hydrogen) atoms. The van der Waals surface area contributed by atoms with Gasteiger partial charge in [0.2, 0.25) is 0 Å². The van der Waals surface area contributed by atoms with Gasteiger partial charge in [-0.05, 0) is 20.8 Å². The molecule has 1 fully saturated rings. The van der Waals surface area contributed by atoms with Crippen LogP contribution in [0.15, 0.2) is 12.7 Å². The third-order valence-electron chi connectivity index (χ3n) is 2.95. The Bertz CT molecular complexity index is 464. The minimum Gasteiger partial charge on any atom is -0.467 e.